The number of rotatable bonds is 8. The second kappa shape index (κ2) is 10.0. The molecule has 0 saturated carbocycles. The first-order valence-corrected chi connectivity index (χ1v) is 11.6. The lowest BCUT2D eigenvalue weighted by atomic mass is 10.2. The minimum Gasteiger partial charge on any atom is -0.495 e. The minimum absolute atomic E-state index is 0.115. The van der Waals surface area contributed by atoms with E-state index in [1.807, 2.05) is 13.8 Å². The highest BCUT2D eigenvalue weighted by Crippen LogP contribution is 2.31. The Morgan fingerprint density at radius 3 is 2.77 bits per heavy atom. The number of anilines is 1. The topological polar surface area (TPSA) is 82.4 Å². The summed E-state index contributed by atoms with van der Waals surface area (Å²) < 4.78 is 12.0. The van der Waals surface area contributed by atoms with E-state index < -0.39 is 5.25 Å². The standard InChI is InChI=1S/C21H24ClN3O4S2/c1-11-12(2)30-19-17(11)20(27)25(8-9-28-4)21(24-19)31-13(3)18(26)23-15-10-14(22)6-7-16(15)29-5/h6-7,10,13H,8-9H2,1-5H3,(H,23,26). The van der Waals surface area contributed by atoms with Crippen molar-refractivity contribution in [3.63, 3.8) is 0 Å². The number of amides is 1. The molecule has 166 valence electrons. The fraction of sp³-hybridized carbons (Fsp3) is 0.381. The van der Waals surface area contributed by atoms with Gasteiger partial charge >= 0.3 is 0 Å². The summed E-state index contributed by atoms with van der Waals surface area (Å²) in [6.07, 6.45) is 0. The molecule has 0 aliphatic rings. The highest BCUT2D eigenvalue weighted by atomic mass is 35.5. The maximum atomic E-state index is 13.2. The molecule has 0 saturated heterocycles. The number of hydrogen-bond acceptors (Lipinski definition) is 7. The molecular formula is C21H24ClN3O4S2. The van der Waals surface area contributed by atoms with Gasteiger partial charge in [-0.05, 0) is 44.5 Å². The van der Waals surface area contributed by atoms with Crippen molar-refractivity contribution in [3.05, 3.63) is 44.0 Å². The first kappa shape index (κ1) is 23.6. The van der Waals surface area contributed by atoms with E-state index in [1.165, 1.54) is 30.2 Å². The molecule has 3 aromatic rings. The number of nitrogens with zero attached hydrogens (tertiary/aromatic N) is 2. The molecule has 31 heavy (non-hydrogen) atoms. The molecule has 1 N–H and O–H groups in total. The highest BCUT2D eigenvalue weighted by Gasteiger charge is 2.22. The molecule has 2 aromatic heterocycles. The molecule has 7 nitrogen and oxygen atoms in total. The van der Waals surface area contributed by atoms with Gasteiger partial charge in [0.25, 0.3) is 5.56 Å². The molecule has 0 bridgehead atoms. The van der Waals surface area contributed by atoms with Crippen LogP contribution in [-0.4, -0.2) is 41.5 Å². The molecule has 0 aliphatic heterocycles. The van der Waals surface area contributed by atoms with Crippen molar-refractivity contribution < 1.29 is 14.3 Å². The Kier molecular flexibility index (Phi) is 7.64. The summed E-state index contributed by atoms with van der Waals surface area (Å²) in [5, 5.41) is 3.92. The third-order valence-corrected chi connectivity index (χ3v) is 7.27. The van der Waals surface area contributed by atoms with E-state index in [4.69, 9.17) is 26.1 Å². The van der Waals surface area contributed by atoms with Crippen molar-refractivity contribution >= 4 is 56.5 Å². The van der Waals surface area contributed by atoms with Gasteiger partial charge in [-0.3, -0.25) is 14.2 Å². The van der Waals surface area contributed by atoms with Crippen LogP contribution in [0.1, 0.15) is 17.4 Å². The minimum atomic E-state index is -0.524. The smallest absolute Gasteiger partial charge is 0.263 e. The SMILES string of the molecule is COCCn1c(SC(C)C(=O)Nc2cc(Cl)ccc2OC)nc2sc(C)c(C)c2c1=O. The van der Waals surface area contributed by atoms with E-state index in [0.717, 1.165) is 10.4 Å². The Hall–Kier alpha value is -2.07. The van der Waals surface area contributed by atoms with Gasteiger partial charge in [-0.15, -0.1) is 11.3 Å². The predicted octanol–water partition coefficient (Wildman–Crippen LogP) is 4.50. The number of halogens is 1. The summed E-state index contributed by atoms with van der Waals surface area (Å²) in [5.74, 6) is 0.257. The molecule has 2 heterocycles. The lowest BCUT2D eigenvalue weighted by Crippen LogP contribution is -2.28. The average Bonchev–Trinajstić information content (AvgIpc) is 3.01. The highest BCUT2D eigenvalue weighted by molar-refractivity contribution is 8.00. The summed E-state index contributed by atoms with van der Waals surface area (Å²) in [6, 6.07) is 5.01. The van der Waals surface area contributed by atoms with Gasteiger partial charge in [-0.25, -0.2) is 4.98 Å². The number of thiophene rings is 1. The fourth-order valence-corrected chi connectivity index (χ4v) is 5.18. The van der Waals surface area contributed by atoms with Crippen LogP contribution in [0.2, 0.25) is 5.02 Å². The molecule has 1 unspecified atom stereocenters. The van der Waals surface area contributed by atoms with Crippen LogP contribution in [-0.2, 0) is 16.1 Å². The number of nitrogens with one attached hydrogen (secondary N) is 1. The number of ether oxygens (including phenoxy) is 2. The summed E-state index contributed by atoms with van der Waals surface area (Å²) in [4.78, 5) is 32.5. The number of aryl methyl sites for hydroxylation is 2. The van der Waals surface area contributed by atoms with Crippen LogP contribution in [0.15, 0.2) is 28.2 Å². The van der Waals surface area contributed by atoms with E-state index in [-0.39, 0.29) is 11.5 Å². The number of thioether (sulfide) groups is 1. The number of carbonyl (C=O) groups is 1. The monoisotopic (exact) mass is 481 g/mol. The first-order valence-electron chi connectivity index (χ1n) is 9.57. The fourth-order valence-electron chi connectivity index (χ4n) is 3.00. The zero-order valence-electron chi connectivity index (χ0n) is 17.9. The van der Waals surface area contributed by atoms with Gasteiger partial charge in [-0.2, -0.15) is 0 Å². The zero-order chi connectivity index (χ0) is 22.7. The maximum absolute atomic E-state index is 13.2. The normalized spacial score (nSPS) is 12.2. The van der Waals surface area contributed by atoms with Crippen molar-refractivity contribution in [1.82, 2.24) is 9.55 Å². The quantitative estimate of drug-likeness (QED) is 0.376. The van der Waals surface area contributed by atoms with Gasteiger partial charge in [0.1, 0.15) is 10.6 Å². The van der Waals surface area contributed by atoms with Crippen LogP contribution in [0.3, 0.4) is 0 Å². The zero-order valence-corrected chi connectivity index (χ0v) is 20.3. The second-order valence-corrected chi connectivity index (χ2v) is 9.85. The third kappa shape index (κ3) is 5.06. The van der Waals surface area contributed by atoms with Crippen molar-refractivity contribution in [2.45, 2.75) is 37.7 Å². The first-order chi connectivity index (χ1) is 14.8. The molecule has 0 radical (unpaired) electrons. The molecule has 1 aromatic carbocycles. The summed E-state index contributed by atoms with van der Waals surface area (Å²) in [5.41, 5.74) is 1.31. The summed E-state index contributed by atoms with van der Waals surface area (Å²) in [7, 11) is 3.11. The summed E-state index contributed by atoms with van der Waals surface area (Å²) >= 11 is 8.76. The second-order valence-electron chi connectivity index (χ2n) is 6.90. The van der Waals surface area contributed by atoms with Crippen LogP contribution in [0.25, 0.3) is 10.2 Å². The Bertz CT molecular complexity index is 1180. The lowest BCUT2D eigenvalue weighted by Gasteiger charge is -2.16. The number of hydrogen-bond donors (Lipinski definition) is 1. The van der Waals surface area contributed by atoms with Gasteiger partial charge in [0.15, 0.2) is 5.16 Å². The van der Waals surface area contributed by atoms with Crippen LogP contribution < -0.4 is 15.6 Å². The Balaban J connectivity index is 1.92. The van der Waals surface area contributed by atoms with Gasteiger partial charge in [0, 0.05) is 17.0 Å². The molecule has 1 amide bonds. The van der Waals surface area contributed by atoms with Crippen LogP contribution in [0.4, 0.5) is 5.69 Å². The third-order valence-electron chi connectivity index (χ3n) is 4.84. The van der Waals surface area contributed by atoms with Crippen molar-refractivity contribution in [1.29, 1.82) is 0 Å². The predicted molar refractivity (Wildman–Crippen MR) is 127 cm³/mol. The van der Waals surface area contributed by atoms with E-state index in [0.29, 0.717) is 45.0 Å². The van der Waals surface area contributed by atoms with Crippen molar-refractivity contribution in [3.8, 4) is 5.75 Å². The Morgan fingerprint density at radius 2 is 2.10 bits per heavy atom. The van der Waals surface area contributed by atoms with E-state index in [1.54, 1.807) is 36.8 Å². The number of carbonyl (C=O) groups excluding carboxylic acids is 1. The van der Waals surface area contributed by atoms with Gasteiger partial charge < -0.3 is 14.8 Å². The largest absolute Gasteiger partial charge is 0.495 e. The van der Waals surface area contributed by atoms with Gasteiger partial charge in [-0.1, -0.05) is 23.4 Å². The number of fused-ring (bicyclic) bond motifs is 1. The van der Waals surface area contributed by atoms with Crippen molar-refractivity contribution in [2.24, 2.45) is 0 Å². The van der Waals surface area contributed by atoms with Crippen LogP contribution in [0, 0.1) is 13.8 Å². The van der Waals surface area contributed by atoms with Gasteiger partial charge in [0.2, 0.25) is 5.91 Å². The maximum Gasteiger partial charge on any atom is 0.263 e. The summed E-state index contributed by atoms with van der Waals surface area (Å²) in [6.45, 7) is 6.38. The molecular weight excluding hydrogens is 458 g/mol. The molecule has 3 rings (SSSR count). The van der Waals surface area contributed by atoms with Crippen LogP contribution in [0.5, 0.6) is 5.75 Å². The van der Waals surface area contributed by atoms with E-state index in [9.17, 15) is 9.59 Å². The average molecular weight is 482 g/mol. The number of benzene rings is 1. The molecule has 0 spiro atoms. The number of methoxy groups -OCH3 is 2. The van der Waals surface area contributed by atoms with E-state index in [2.05, 4.69) is 5.32 Å². The lowest BCUT2D eigenvalue weighted by molar-refractivity contribution is -0.115. The Morgan fingerprint density at radius 1 is 1.35 bits per heavy atom. The van der Waals surface area contributed by atoms with E-state index >= 15 is 0 Å². The molecule has 10 heteroatoms. The number of aromatic nitrogens is 2. The van der Waals surface area contributed by atoms with Crippen LogP contribution >= 0.6 is 34.7 Å². The molecule has 1 atom stereocenters. The Labute approximate surface area is 193 Å². The molecule has 0 fully saturated rings. The van der Waals surface area contributed by atoms with Gasteiger partial charge in [0.05, 0.1) is 36.6 Å². The van der Waals surface area contributed by atoms with Crippen molar-refractivity contribution in [2.75, 3.05) is 26.1 Å². The molecule has 0 aliphatic carbocycles.